The van der Waals surface area contributed by atoms with Crippen molar-refractivity contribution in [3.8, 4) is 5.75 Å². The van der Waals surface area contributed by atoms with Gasteiger partial charge in [0.1, 0.15) is 5.75 Å². The Morgan fingerprint density at radius 3 is 2.67 bits per heavy atom. The summed E-state index contributed by atoms with van der Waals surface area (Å²) in [4.78, 5) is 15.7. The molecule has 21 heavy (non-hydrogen) atoms. The number of aliphatic hydroxyl groups is 1. The third-order valence-electron chi connectivity index (χ3n) is 2.74. The number of carbonyl (C=O) groups excluding carboxylic acids is 1. The molecule has 0 radical (unpaired) electrons. The summed E-state index contributed by atoms with van der Waals surface area (Å²) in [5, 5.41) is 12.7. The second-order valence-corrected chi connectivity index (χ2v) is 4.17. The van der Waals surface area contributed by atoms with E-state index in [9.17, 15) is 4.79 Å². The number of aromatic nitrogens is 1. The van der Waals surface area contributed by atoms with Crippen LogP contribution in [0, 0.1) is 0 Å². The summed E-state index contributed by atoms with van der Waals surface area (Å²) < 4.78 is 5.05. The molecule has 1 aromatic heterocycles. The van der Waals surface area contributed by atoms with Gasteiger partial charge in [-0.15, -0.1) is 0 Å². The monoisotopic (exact) mass is 285 g/mol. The lowest BCUT2D eigenvalue weighted by Crippen LogP contribution is -2.17. The van der Waals surface area contributed by atoms with Gasteiger partial charge < -0.3 is 9.84 Å². The lowest BCUT2D eigenvalue weighted by molar-refractivity contribution is 0.0954. The van der Waals surface area contributed by atoms with Crippen LogP contribution in [-0.4, -0.2) is 29.3 Å². The molecule has 0 bridgehead atoms. The Morgan fingerprint density at radius 2 is 2.10 bits per heavy atom. The van der Waals surface area contributed by atoms with E-state index in [1.165, 1.54) is 12.4 Å². The van der Waals surface area contributed by atoms with E-state index in [-0.39, 0.29) is 12.5 Å². The quantitative estimate of drug-likeness (QED) is 0.641. The normalized spacial score (nSPS) is 10.6. The molecule has 6 heteroatoms. The molecule has 2 N–H and O–H groups in total. The first-order valence-corrected chi connectivity index (χ1v) is 6.26. The van der Waals surface area contributed by atoms with Gasteiger partial charge >= 0.3 is 0 Å². The number of carbonyl (C=O) groups is 1. The number of aliphatic hydroxyl groups excluding tert-OH is 1. The van der Waals surface area contributed by atoms with Crippen molar-refractivity contribution in [1.82, 2.24) is 10.4 Å². The highest BCUT2D eigenvalue weighted by atomic mass is 16.5. The van der Waals surface area contributed by atoms with Gasteiger partial charge in [0.15, 0.2) is 0 Å². The van der Waals surface area contributed by atoms with Crippen LogP contribution in [0.25, 0.3) is 0 Å². The SMILES string of the molecule is COc1ccc(C=NNC(=O)c2ccc(CO)nc2)cc1. The fourth-order valence-corrected chi connectivity index (χ4v) is 1.57. The first-order chi connectivity index (χ1) is 10.2. The number of nitrogens with zero attached hydrogens (tertiary/aromatic N) is 2. The zero-order chi connectivity index (χ0) is 15.1. The van der Waals surface area contributed by atoms with Crippen LogP contribution >= 0.6 is 0 Å². The van der Waals surface area contributed by atoms with Crippen molar-refractivity contribution in [3.63, 3.8) is 0 Å². The number of pyridine rings is 1. The Bertz CT molecular complexity index is 622. The second-order valence-electron chi connectivity index (χ2n) is 4.17. The molecule has 0 unspecified atom stereocenters. The molecule has 0 aliphatic rings. The van der Waals surface area contributed by atoms with Crippen LogP contribution < -0.4 is 10.2 Å². The van der Waals surface area contributed by atoms with Crippen molar-refractivity contribution < 1.29 is 14.6 Å². The van der Waals surface area contributed by atoms with Crippen LogP contribution in [0.1, 0.15) is 21.6 Å². The van der Waals surface area contributed by atoms with E-state index in [2.05, 4.69) is 15.5 Å². The molecule has 2 aromatic rings. The maximum Gasteiger partial charge on any atom is 0.272 e. The topological polar surface area (TPSA) is 83.8 Å². The molecule has 0 aliphatic heterocycles. The number of benzene rings is 1. The summed E-state index contributed by atoms with van der Waals surface area (Å²) in [5.74, 6) is 0.392. The summed E-state index contributed by atoms with van der Waals surface area (Å²) in [5.41, 5.74) is 4.13. The van der Waals surface area contributed by atoms with Crippen molar-refractivity contribution in [2.75, 3.05) is 7.11 Å². The average Bonchev–Trinajstić information content (AvgIpc) is 2.55. The van der Waals surface area contributed by atoms with Crippen molar-refractivity contribution in [3.05, 3.63) is 59.4 Å². The highest BCUT2D eigenvalue weighted by molar-refractivity contribution is 5.94. The fraction of sp³-hybridized carbons (Fsp3) is 0.133. The summed E-state index contributed by atoms with van der Waals surface area (Å²) in [7, 11) is 1.60. The number of nitrogens with one attached hydrogen (secondary N) is 1. The lowest BCUT2D eigenvalue weighted by Gasteiger charge is -2.01. The Morgan fingerprint density at radius 1 is 1.33 bits per heavy atom. The van der Waals surface area contributed by atoms with Gasteiger partial charge in [-0.25, -0.2) is 5.43 Å². The molecule has 6 nitrogen and oxygen atoms in total. The summed E-state index contributed by atoms with van der Waals surface area (Å²) in [6, 6.07) is 10.4. The molecule has 2 rings (SSSR count). The minimum absolute atomic E-state index is 0.155. The zero-order valence-electron chi connectivity index (χ0n) is 11.5. The number of ether oxygens (including phenoxy) is 1. The molecular weight excluding hydrogens is 270 g/mol. The molecule has 108 valence electrons. The first-order valence-electron chi connectivity index (χ1n) is 6.26. The average molecular weight is 285 g/mol. The number of rotatable bonds is 5. The minimum Gasteiger partial charge on any atom is -0.497 e. The Kier molecular flexibility index (Phi) is 5.00. The van der Waals surface area contributed by atoms with Crippen LogP contribution in [0.5, 0.6) is 5.75 Å². The van der Waals surface area contributed by atoms with E-state index in [0.29, 0.717) is 11.3 Å². The zero-order valence-corrected chi connectivity index (χ0v) is 11.5. The second kappa shape index (κ2) is 7.16. The predicted octanol–water partition coefficient (Wildman–Crippen LogP) is 1.35. The van der Waals surface area contributed by atoms with Crippen LogP contribution in [-0.2, 0) is 6.61 Å². The van der Waals surface area contributed by atoms with Gasteiger partial charge in [-0.05, 0) is 42.0 Å². The largest absolute Gasteiger partial charge is 0.497 e. The molecule has 0 saturated heterocycles. The van der Waals surface area contributed by atoms with E-state index >= 15 is 0 Å². The van der Waals surface area contributed by atoms with Crippen molar-refractivity contribution in [2.24, 2.45) is 5.10 Å². The lowest BCUT2D eigenvalue weighted by atomic mass is 10.2. The maximum atomic E-state index is 11.8. The smallest absolute Gasteiger partial charge is 0.272 e. The number of amides is 1. The predicted molar refractivity (Wildman–Crippen MR) is 78.2 cm³/mol. The van der Waals surface area contributed by atoms with Gasteiger partial charge in [0.05, 0.1) is 31.2 Å². The van der Waals surface area contributed by atoms with Gasteiger partial charge in [-0.3, -0.25) is 9.78 Å². The van der Waals surface area contributed by atoms with Crippen LogP contribution in [0.2, 0.25) is 0 Å². The maximum absolute atomic E-state index is 11.8. The third kappa shape index (κ3) is 4.12. The van der Waals surface area contributed by atoms with E-state index in [1.807, 2.05) is 12.1 Å². The van der Waals surface area contributed by atoms with Crippen LogP contribution in [0.4, 0.5) is 0 Å². The van der Waals surface area contributed by atoms with E-state index in [0.717, 1.165) is 11.3 Å². The molecule has 0 spiro atoms. The highest BCUT2D eigenvalue weighted by Gasteiger charge is 2.04. The van der Waals surface area contributed by atoms with Gasteiger partial charge in [0.25, 0.3) is 5.91 Å². The Labute approximate surface area is 122 Å². The Hall–Kier alpha value is -2.73. The summed E-state index contributed by atoms with van der Waals surface area (Å²) >= 11 is 0. The van der Waals surface area contributed by atoms with Gasteiger partial charge in [-0.1, -0.05) is 0 Å². The van der Waals surface area contributed by atoms with Gasteiger partial charge in [-0.2, -0.15) is 5.10 Å². The number of hydrogen-bond acceptors (Lipinski definition) is 5. The molecule has 1 aromatic carbocycles. The van der Waals surface area contributed by atoms with Crippen molar-refractivity contribution >= 4 is 12.1 Å². The molecule has 0 aliphatic carbocycles. The van der Waals surface area contributed by atoms with Crippen LogP contribution in [0.3, 0.4) is 0 Å². The molecule has 1 amide bonds. The van der Waals surface area contributed by atoms with Crippen molar-refractivity contribution in [1.29, 1.82) is 0 Å². The van der Waals surface area contributed by atoms with Gasteiger partial charge in [0, 0.05) is 6.20 Å². The Balaban J connectivity index is 1.94. The number of hydrogen-bond donors (Lipinski definition) is 2. The molecule has 0 fully saturated rings. The first kappa shape index (κ1) is 14.7. The van der Waals surface area contributed by atoms with Crippen LogP contribution in [0.15, 0.2) is 47.7 Å². The summed E-state index contributed by atoms with van der Waals surface area (Å²) in [6.45, 7) is -0.155. The fourth-order valence-electron chi connectivity index (χ4n) is 1.57. The summed E-state index contributed by atoms with van der Waals surface area (Å²) in [6.07, 6.45) is 2.93. The molecule has 0 atom stereocenters. The molecule has 1 heterocycles. The van der Waals surface area contributed by atoms with E-state index in [4.69, 9.17) is 9.84 Å². The standard InChI is InChI=1S/C15H15N3O3/c1-21-14-6-2-11(3-7-14)8-17-18-15(20)12-4-5-13(10-19)16-9-12/h2-9,19H,10H2,1H3,(H,18,20). The van der Waals surface area contributed by atoms with Crippen molar-refractivity contribution in [2.45, 2.75) is 6.61 Å². The third-order valence-corrected chi connectivity index (χ3v) is 2.74. The minimum atomic E-state index is -0.364. The molecule has 0 saturated carbocycles. The van der Waals surface area contributed by atoms with E-state index < -0.39 is 0 Å². The molecular formula is C15H15N3O3. The number of methoxy groups -OCH3 is 1. The number of hydrazone groups is 1. The van der Waals surface area contributed by atoms with E-state index in [1.54, 1.807) is 31.4 Å². The van der Waals surface area contributed by atoms with Gasteiger partial charge in [0.2, 0.25) is 0 Å². The highest BCUT2D eigenvalue weighted by Crippen LogP contribution is 2.09.